The Balaban J connectivity index is 2.20. The number of aliphatic imine (C=N–C) groups is 1. The zero-order valence-corrected chi connectivity index (χ0v) is 20.0. The summed E-state index contributed by atoms with van der Waals surface area (Å²) in [5.41, 5.74) is 7.73. The van der Waals surface area contributed by atoms with Crippen molar-refractivity contribution in [1.82, 2.24) is 0 Å². The molecular formula is C25H32ClFN4. The Hall–Kier alpha value is -2.53. The van der Waals surface area contributed by atoms with Crippen molar-refractivity contribution in [2.75, 3.05) is 49.9 Å². The van der Waals surface area contributed by atoms with Crippen LogP contribution in [0.3, 0.4) is 0 Å². The van der Waals surface area contributed by atoms with Crippen molar-refractivity contribution < 1.29 is 4.39 Å². The molecule has 0 aliphatic carbocycles. The molecule has 0 bridgehead atoms. The lowest BCUT2D eigenvalue weighted by Crippen LogP contribution is -2.26. The minimum Gasteiger partial charge on any atom is -0.386 e. The number of fused-ring (bicyclic) bond motifs is 1. The molecule has 6 heteroatoms. The third kappa shape index (κ3) is 4.57. The summed E-state index contributed by atoms with van der Waals surface area (Å²) in [6, 6.07) is 8.20. The van der Waals surface area contributed by atoms with Gasteiger partial charge < -0.3 is 15.1 Å². The number of benzene rings is 2. The maximum Gasteiger partial charge on any atom is 0.123 e. The average Bonchev–Trinajstić information content (AvgIpc) is 2.75. The van der Waals surface area contributed by atoms with Crippen molar-refractivity contribution in [3.8, 4) is 0 Å². The smallest absolute Gasteiger partial charge is 0.123 e. The quantitative estimate of drug-likeness (QED) is 0.507. The molecule has 0 amide bonds. The molecule has 0 saturated carbocycles. The highest BCUT2D eigenvalue weighted by Gasteiger charge is 2.25. The van der Waals surface area contributed by atoms with Crippen LogP contribution in [0.1, 0.15) is 43.1 Å². The van der Waals surface area contributed by atoms with Gasteiger partial charge in [-0.25, -0.2) is 4.39 Å². The van der Waals surface area contributed by atoms with E-state index < -0.39 is 6.17 Å². The first-order valence-corrected chi connectivity index (χ1v) is 11.1. The van der Waals surface area contributed by atoms with E-state index in [-0.39, 0.29) is 0 Å². The Morgan fingerprint density at radius 2 is 2.00 bits per heavy atom. The van der Waals surface area contributed by atoms with E-state index in [1.54, 1.807) is 20.2 Å². The fourth-order valence-corrected chi connectivity index (χ4v) is 4.51. The van der Waals surface area contributed by atoms with Gasteiger partial charge >= 0.3 is 0 Å². The predicted octanol–water partition coefficient (Wildman–Crippen LogP) is 6.67. The molecule has 3 rings (SSSR count). The molecule has 1 unspecified atom stereocenters. The molecule has 31 heavy (non-hydrogen) atoms. The number of allylic oxidation sites excluding steroid dienone is 2. The first-order valence-electron chi connectivity index (χ1n) is 10.7. The van der Waals surface area contributed by atoms with Crippen LogP contribution in [0.15, 0.2) is 35.3 Å². The molecule has 2 aromatic carbocycles. The van der Waals surface area contributed by atoms with Crippen LogP contribution in [-0.4, -0.2) is 41.0 Å². The number of rotatable bonds is 6. The van der Waals surface area contributed by atoms with E-state index >= 15 is 0 Å². The maximum atomic E-state index is 14.7. The van der Waals surface area contributed by atoms with Crippen LogP contribution >= 0.6 is 11.6 Å². The second kappa shape index (κ2) is 9.73. The molecule has 1 atom stereocenters. The summed E-state index contributed by atoms with van der Waals surface area (Å²) in [5, 5.41) is 3.89. The number of hydrogen-bond acceptors (Lipinski definition) is 4. The first-order chi connectivity index (χ1) is 14.8. The van der Waals surface area contributed by atoms with Gasteiger partial charge in [0.25, 0.3) is 0 Å². The van der Waals surface area contributed by atoms with Gasteiger partial charge in [0.2, 0.25) is 0 Å². The molecule has 0 fully saturated rings. The van der Waals surface area contributed by atoms with Crippen LogP contribution in [-0.2, 0) is 6.42 Å². The molecule has 1 N–H and O–H groups in total. The summed E-state index contributed by atoms with van der Waals surface area (Å²) in [7, 11) is 7.66. The number of anilines is 4. The lowest BCUT2D eigenvalue weighted by molar-refractivity contribution is 0.373. The summed E-state index contributed by atoms with van der Waals surface area (Å²) in [6.07, 6.45) is 4.64. The average molecular weight is 443 g/mol. The normalized spacial score (nSPS) is 15.2. The van der Waals surface area contributed by atoms with Crippen LogP contribution in [0, 0.1) is 0 Å². The number of aryl methyl sites for hydroxylation is 1. The Labute approximate surface area is 190 Å². The topological polar surface area (TPSA) is 30.9 Å². The molecule has 4 nitrogen and oxygen atoms in total. The van der Waals surface area contributed by atoms with Crippen LogP contribution in [0.4, 0.5) is 27.1 Å². The van der Waals surface area contributed by atoms with Crippen LogP contribution < -0.4 is 15.1 Å². The van der Waals surface area contributed by atoms with Crippen LogP contribution in [0.25, 0.3) is 5.57 Å². The third-order valence-electron chi connectivity index (χ3n) is 5.80. The SMILES string of the molecule is C/C=C(\C=NC)c1cc2c(cc1C(C)F)N(c1cc(N(C)C)c(NC)cc1Cl)CCC2. The highest BCUT2D eigenvalue weighted by molar-refractivity contribution is 6.34. The van der Waals surface area contributed by atoms with Crippen molar-refractivity contribution in [1.29, 1.82) is 0 Å². The molecule has 2 aromatic rings. The second-order valence-corrected chi connectivity index (χ2v) is 8.44. The lowest BCUT2D eigenvalue weighted by Gasteiger charge is -2.34. The summed E-state index contributed by atoms with van der Waals surface area (Å²) >= 11 is 6.73. The number of nitrogens with one attached hydrogen (secondary N) is 1. The van der Waals surface area contributed by atoms with Gasteiger partial charge in [0.1, 0.15) is 6.17 Å². The van der Waals surface area contributed by atoms with E-state index in [1.807, 2.05) is 46.3 Å². The predicted molar refractivity (Wildman–Crippen MR) is 135 cm³/mol. The summed E-state index contributed by atoms with van der Waals surface area (Å²) in [4.78, 5) is 8.45. The summed E-state index contributed by atoms with van der Waals surface area (Å²) < 4.78 is 14.7. The molecule has 0 radical (unpaired) electrons. The zero-order chi connectivity index (χ0) is 22.7. The second-order valence-electron chi connectivity index (χ2n) is 8.04. The highest BCUT2D eigenvalue weighted by Crippen LogP contribution is 2.44. The Morgan fingerprint density at radius 1 is 1.26 bits per heavy atom. The van der Waals surface area contributed by atoms with Gasteiger partial charge in [-0.2, -0.15) is 0 Å². The number of alkyl halides is 1. The van der Waals surface area contributed by atoms with Crippen LogP contribution in [0.5, 0.6) is 0 Å². The highest BCUT2D eigenvalue weighted by atomic mass is 35.5. The third-order valence-corrected chi connectivity index (χ3v) is 6.10. The number of hydrogen-bond donors (Lipinski definition) is 1. The summed E-state index contributed by atoms with van der Waals surface area (Å²) in [5.74, 6) is 0. The molecule has 0 spiro atoms. The van der Waals surface area contributed by atoms with Crippen molar-refractivity contribution >= 4 is 46.1 Å². The van der Waals surface area contributed by atoms with E-state index in [9.17, 15) is 4.39 Å². The Bertz CT molecular complexity index is 1010. The van der Waals surface area contributed by atoms with Gasteiger partial charge in [-0.05, 0) is 73.2 Å². The first kappa shape index (κ1) is 23.1. The number of halogens is 2. The minimum absolute atomic E-state index is 0.675. The molecule has 1 aliphatic rings. The maximum absolute atomic E-state index is 14.7. The van der Waals surface area contributed by atoms with Crippen molar-refractivity contribution in [2.45, 2.75) is 32.9 Å². The molecule has 0 aromatic heterocycles. The summed E-state index contributed by atoms with van der Waals surface area (Å²) in [6.45, 7) is 4.39. The monoisotopic (exact) mass is 442 g/mol. The van der Waals surface area contributed by atoms with Crippen molar-refractivity contribution in [3.05, 3.63) is 52.1 Å². The van der Waals surface area contributed by atoms with E-state index in [4.69, 9.17) is 11.6 Å². The largest absolute Gasteiger partial charge is 0.386 e. The minimum atomic E-state index is -1.09. The van der Waals surface area contributed by atoms with E-state index in [0.29, 0.717) is 10.6 Å². The van der Waals surface area contributed by atoms with E-state index in [1.165, 1.54) is 5.56 Å². The van der Waals surface area contributed by atoms with Crippen LogP contribution in [0.2, 0.25) is 5.02 Å². The molecule has 0 saturated heterocycles. The Morgan fingerprint density at radius 3 is 2.58 bits per heavy atom. The van der Waals surface area contributed by atoms with Gasteiger partial charge in [-0.15, -0.1) is 0 Å². The Kier molecular flexibility index (Phi) is 7.26. The number of nitrogens with zero attached hydrogens (tertiary/aromatic N) is 3. The van der Waals surface area contributed by atoms with Gasteiger partial charge in [-0.3, -0.25) is 4.99 Å². The van der Waals surface area contributed by atoms with Gasteiger partial charge in [0, 0.05) is 46.6 Å². The van der Waals surface area contributed by atoms with E-state index in [0.717, 1.165) is 53.3 Å². The fraction of sp³-hybridized carbons (Fsp3) is 0.400. The van der Waals surface area contributed by atoms with Gasteiger partial charge in [0.15, 0.2) is 0 Å². The standard InChI is InChI=1S/C25H32ClFN4/c1-7-17(15-28-3)20-11-18-9-8-10-31(23(18)12-19(20)16(2)27)24-14-25(30(5)6)22(29-4)13-21(24)26/h7,11-16,29H,8-10H2,1-6H3/b17-7+,28-15?. The molecule has 1 heterocycles. The molecular weight excluding hydrogens is 411 g/mol. The van der Waals surface area contributed by atoms with Crippen molar-refractivity contribution in [3.63, 3.8) is 0 Å². The fourth-order valence-electron chi connectivity index (χ4n) is 4.24. The lowest BCUT2D eigenvalue weighted by atomic mass is 9.90. The van der Waals surface area contributed by atoms with E-state index in [2.05, 4.69) is 32.2 Å². The zero-order valence-electron chi connectivity index (χ0n) is 19.3. The molecule has 166 valence electrons. The van der Waals surface area contributed by atoms with Gasteiger partial charge in [-0.1, -0.05) is 17.7 Å². The molecule has 1 aliphatic heterocycles. The van der Waals surface area contributed by atoms with Crippen molar-refractivity contribution in [2.24, 2.45) is 4.99 Å². The van der Waals surface area contributed by atoms with Gasteiger partial charge in [0.05, 0.1) is 22.1 Å².